The Kier molecular flexibility index (Phi) is 5.90. The van der Waals surface area contributed by atoms with Crippen LogP contribution in [0.4, 0.5) is 0 Å². The van der Waals surface area contributed by atoms with E-state index >= 15 is 0 Å². The summed E-state index contributed by atoms with van der Waals surface area (Å²) in [5.41, 5.74) is 2.05. The Balaban J connectivity index is 2.14. The van der Waals surface area contributed by atoms with Crippen molar-refractivity contribution in [2.75, 3.05) is 40.4 Å². The number of hydrazone groups is 1. The number of nitrogens with one attached hydrogen (secondary N) is 1. The van der Waals surface area contributed by atoms with E-state index in [-0.39, 0.29) is 0 Å². The second-order valence-electron chi connectivity index (χ2n) is 5.12. The van der Waals surface area contributed by atoms with Gasteiger partial charge in [0.1, 0.15) is 0 Å². The van der Waals surface area contributed by atoms with E-state index in [0.717, 1.165) is 37.6 Å². The van der Waals surface area contributed by atoms with E-state index in [4.69, 9.17) is 16.5 Å². The molecule has 0 bridgehead atoms. The Morgan fingerprint density at radius 1 is 1.29 bits per heavy atom. The standard InChI is InChI=1S/C14H23N4OPS/c1-13(14-7-5-4-6-8-14)15-16-20(21,17(2)3)18-9-11-19-12-10-18/h4-8H,9-12H2,1-3H3,(H,16,21)/b15-13+. The fraction of sp³-hybridized carbons (Fsp3) is 0.500. The van der Waals surface area contributed by atoms with E-state index in [1.165, 1.54) is 0 Å². The Bertz CT molecular complexity index is 529. The Morgan fingerprint density at radius 3 is 2.48 bits per heavy atom. The molecule has 1 fully saturated rings. The molecule has 0 amide bonds. The summed E-state index contributed by atoms with van der Waals surface area (Å²) in [4.78, 5) is 0. The van der Waals surface area contributed by atoms with Crippen LogP contribution in [0.1, 0.15) is 12.5 Å². The van der Waals surface area contributed by atoms with Crippen molar-refractivity contribution < 1.29 is 4.74 Å². The summed E-state index contributed by atoms with van der Waals surface area (Å²) >= 11 is 5.90. The van der Waals surface area contributed by atoms with Gasteiger partial charge < -0.3 is 4.74 Å². The first-order valence-electron chi connectivity index (χ1n) is 7.02. The van der Waals surface area contributed by atoms with Crippen LogP contribution in [0, 0.1) is 0 Å². The summed E-state index contributed by atoms with van der Waals surface area (Å²) in [5.74, 6) is 0. The van der Waals surface area contributed by atoms with E-state index in [0.29, 0.717) is 0 Å². The Hall–Kier alpha value is -0.780. The van der Waals surface area contributed by atoms with Crippen LogP contribution in [0.2, 0.25) is 0 Å². The monoisotopic (exact) mass is 326 g/mol. The molecule has 0 radical (unpaired) electrons. The normalized spacial score (nSPS) is 20.3. The molecule has 1 aliphatic rings. The van der Waals surface area contributed by atoms with E-state index in [2.05, 4.69) is 31.8 Å². The minimum atomic E-state index is -2.06. The van der Waals surface area contributed by atoms with Crippen LogP contribution in [-0.2, 0) is 16.5 Å². The van der Waals surface area contributed by atoms with Crippen LogP contribution in [0.15, 0.2) is 35.4 Å². The predicted octanol–water partition coefficient (Wildman–Crippen LogP) is 2.12. The van der Waals surface area contributed by atoms with E-state index in [1.807, 2.05) is 39.2 Å². The van der Waals surface area contributed by atoms with Crippen molar-refractivity contribution in [3.05, 3.63) is 35.9 Å². The highest BCUT2D eigenvalue weighted by molar-refractivity contribution is 8.11. The summed E-state index contributed by atoms with van der Waals surface area (Å²) in [6.45, 7) is 3.10. The maximum atomic E-state index is 5.90. The van der Waals surface area contributed by atoms with Crippen LogP contribution in [0.25, 0.3) is 0 Å². The SMILES string of the molecule is C/C(=N\NP(=S)(N(C)C)N1CCOCC1)c1ccccc1. The Labute approximate surface area is 132 Å². The maximum absolute atomic E-state index is 5.90. The van der Waals surface area contributed by atoms with Crippen LogP contribution in [-0.4, -0.2) is 55.5 Å². The largest absolute Gasteiger partial charge is 0.379 e. The fourth-order valence-corrected chi connectivity index (χ4v) is 4.52. The zero-order chi connectivity index (χ0) is 15.3. The van der Waals surface area contributed by atoms with Gasteiger partial charge in [0.25, 0.3) is 0 Å². The number of hydrogen-bond donors (Lipinski definition) is 1. The number of benzene rings is 1. The summed E-state index contributed by atoms with van der Waals surface area (Å²) in [6, 6.07) is 10.1. The van der Waals surface area contributed by atoms with Gasteiger partial charge in [-0.3, -0.25) is 9.87 Å². The van der Waals surface area contributed by atoms with E-state index in [9.17, 15) is 0 Å². The van der Waals surface area contributed by atoms with Crippen LogP contribution >= 0.6 is 6.49 Å². The molecule has 1 N–H and O–H groups in total. The highest BCUT2D eigenvalue weighted by atomic mass is 32.4. The quantitative estimate of drug-likeness (QED) is 0.510. The molecule has 0 aromatic heterocycles. The minimum Gasteiger partial charge on any atom is -0.379 e. The second kappa shape index (κ2) is 7.47. The van der Waals surface area contributed by atoms with Crippen molar-refractivity contribution in [3.63, 3.8) is 0 Å². The molecule has 0 aliphatic carbocycles. The van der Waals surface area contributed by atoms with Crippen molar-refractivity contribution in [2.45, 2.75) is 6.92 Å². The van der Waals surface area contributed by atoms with Gasteiger partial charge in [0, 0.05) is 13.1 Å². The molecule has 0 spiro atoms. The third-order valence-corrected chi connectivity index (χ3v) is 7.98. The van der Waals surface area contributed by atoms with Gasteiger partial charge in [-0.2, -0.15) is 5.10 Å². The summed E-state index contributed by atoms with van der Waals surface area (Å²) in [7, 11) is 4.02. The molecule has 116 valence electrons. The molecule has 1 heterocycles. The van der Waals surface area contributed by atoms with Crippen molar-refractivity contribution in [1.29, 1.82) is 0 Å². The molecule has 5 nitrogen and oxygen atoms in total. The summed E-state index contributed by atoms with van der Waals surface area (Å²) in [6.07, 6.45) is 0. The van der Waals surface area contributed by atoms with Gasteiger partial charge in [0.05, 0.1) is 18.9 Å². The maximum Gasteiger partial charge on any atom is 0.182 e. The molecule has 1 aromatic rings. The highest BCUT2D eigenvalue weighted by Crippen LogP contribution is 2.47. The fourth-order valence-electron chi connectivity index (χ4n) is 2.11. The number of ether oxygens (including phenoxy) is 1. The van der Waals surface area contributed by atoms with Gasteiger partial charge in [-0.1, -0.05) is 30.3 Å². The second-order valence-corrected chi connectivity index (χ2v) is 9.30. The number of hydrogen-bond acceptors (Lipinski definition) is 3. The average molecular weight is 326 g/mol. The first kappa shape index (κ1) is 16.6. The van der Waals surface area contributed by atoms with Crippen molar-refractivity contribution in [2.24, 2.45) is 5.10 Å². The van der Waals surface area contributed by atoms with Crippen molar-refractivity contribution in [3.8, 4) is 0 Å². The Morgan fingerprint density at radius 2 is 1.90 bits per heavy atom. The lowest BCUT2D eigenvalue weighted by molar-refractivity contribution is 0.0722. The molecule has 1 unspecified atom stereocenters. The van der Waals surface area contributed by atoms with Crippen molar-refractivity contribution >= 4 is 24.0 Å². The zero-order valence-electron chi connectivity index (χ0n) is 12.8. The third kappa shape index (κ3) is 4.11. The van der Waals surface area contributed by atoms with Gasteiger partial charge in [-0.25, -0.2) is 4.67 Å². The molecule has 2 rings (SSSR count). The zero-order valence-corrected chi connectivity index (χ0v) is 14.5. The van der Waals surface area contributed by atoms with Crippen LogP contribution in [0.3, 0.4) is 0 Å². The van der Waals surface area contributed by atoms with Crippen molar-refractivity contribution in [1.82, 2.24) is 14.5 Å². The highest BCUT2D eigenvalue weighted by Gasteiger charge is 2.29. The topological polar surface area (TPSA) is 40.1 Å². The molecule has 21 heavy (non-hydrogen) atoms. The van der Waals surface area contributed by atoms with Crippen LogP contribution < -0.4 is 5.20 Å². The molecular weight excluding hydrogens is 303 g/mol. The lowest BCUT2D eigenvalue weighted by Gasteiger charge is -2.40. The summed E-state index contributed by atoms with van der Waals surface area (Å²) in [5, 5.41) is 7.82. The summed E-state index contributed by atoms with van der Waals surface area (Å²) < 4.78 is 9.78. The minimum absolute atomic E-state index is 0.731. The van der Waals surface area contributed by atoms with Gasteiger partial charge in [0.2, 0.25) is 0 Å². The van der Waals surface area contributed by atoms with E-state index in [1.54, 1.807) is 0 Å². The molecular formula is C14H23N4OPS. The molecule has 1 aliphatic heterocycles. The molecule has 1 saturated heterocycles. The van der Waals surface area contributed by atoms with Gasteiger partial charge in [-0.05, 0) is 38.4 Å². The van der Waals surface area contributed by atoms with Gasteiger partial charge >= 0.3 is 0 Å². The lowest BCUT2D eigenvalue weighted by atomic mass is 10.1. The number of nitrogens with zero attached hydrogens (tertiary/aromatic N) is 3. The molecule has 7 heteroatoms. The smallest absolute Gasteiger partial charge is 0.182 e. The molecule has 1 aromatic carbocycles. The third-order valence-electron chi connectivity index (χ3n) is 3.45. The van der Waals surface area contributed by atoms with Crippen LogP contribution in [0.5, 0.6) is 0 Å². The molecule has 0 saturated carbocycles. The lowest BCUT2D eigenvalue weighted by Crippen LogP contribution is -2.40. The first-order chi connectivity index (χ1) is 10.0. The first-order valence-corrected chi connectivity index (χ1v) is 9.73. The van der Waals surface area contributed by atoms with Gasteiger partial charge in [-0.15, -0.1) is 0 Å². The van der Waals surface area contributed by atoms with Gasteiger partial charge in [0.15, 0.2) is 6.49 Å². The average Bonchev–Trinajstić information content (AvgIpc) is 2.53. The number of rotatable bonds is 5. The van der Waals surface area contributed by atoms with E-state index < -0.39 is 6.49 Å². The number of morpholine rings is 1. The predicted molar refractivity (Wildman–Crippen MR) is 92.2 cm³/mol. The molecule has 1 atom stereocenters.